The van der Waals surface area contributed by atoms with E-state index in [2.05, 4.69) is 5.32 Å². The second-order valence-corrected chi connectivity index (χ2v) is 5.20. The van der Waals surface area contributed by atoms with Crippen LogP contribution < -0.4 is 10.1 Å². The Hall–Kier alpha value is -1.81. The van der Waals surface area contributed by atoms with Crippen molar-refractivity contribution < 1.29 is 9.53 Å². The van der Waals surface area contributed by atoms with Gasteiger partial charge in [0.25, 0.3) is 0 Å². The lowest BCUT2D eigenvalue weighted by Crippen LogP contribution is -2.22. The molecule has 0 spiro atoms. The van der Waals surface area contributed by atoms with Crippen LogP contribution in [0.25, 0.3) is 0 Å². The molecule has 19 heavy (non-hydrogen) atoms. The maximum atomic E-state index is 11.8. The molecule has 1 N–H and O–H groups in total. The van der Waals surface area contributed by atoms with Crippen LogP contribution in [-0.4, -0.2) is 13.0 Å². The summed E-state index contributed by atoms with van der Waals surface area (Å²) in [4.78, 5) is 12.9. The summed E-state index contributed by atoms with van der Waals surface area (Å²) in [5.74, 6) is 0.910. The van der Waals surface area contributed by atoms with Crippen LogP contribution in [0.3, 0.4) is 0 Å². The van der Waals surface area contributed by atoms with Gasteiger partial charge in [-0.1, -0.05) is 24.3 Å². The fourth-order valence-corrected chi connectivity index (χ4v) is 2.49. The number of nitrogens with one attached hydrogen (secondary N) is 1. The molecule has 3 nitrogen and oxygen atoms in total. The lowest BCUT2D eigenvalue weighted by molar-refractivity contribution is -0.121. The number of thiophene rings is 1. The highest BCUT2D eigenvalue weighted by Gasteiger charge is 2.06. The molecule has 0 aliphatic rings. The summed E-state index contributed by atoms with van der Waals surface area (Å²) >= 11 is 1.65. The van der Waals surface area contributed by atoms with Crippen LogP contribution in [-0.2, 0) is 17.8 Å². The fourth-order valence-electron chi connectivity index (χ4n) is 1.84. The van der Waals surface area contributed by atoms with Crippen molar-refractivity contribution in [2.75, 3.05) is 7.11 Å². The van der Waals surface area contributed by atoms with Gasteiger partial charge in [0.1, 0.15) is 5.75 Å². The molecule has 1 aromatic heterocycles. The largest absolute Gasteiger partial charge is 0.496 e. The third-order valence-corrected chi connectivity index (χ3v) is 3.73. The average Bonchev–Trinajstić information content (AvgIpc) is 2.96. The molecular weight excluding hydrogens is 258 g/mol. The van der Waals surface area contributed by atoms with E-state index < -0.39 is 0 Å². The van der Waals surface area contributed by atoms with Gasteiger partial charge in [0, 0.05) is 11.3 Å². The number of hydrogen-bond donors (Lipinski definition) is 1. The van der Waals surface area contributed by atoms with Crippen LogP contribution >= 0.6 is 11.3 Å². The first-order chi connectivity index (χ1) is 9.29. The SMILES string of the molecule is COc1ccccc1CCC(=O)NCc1cccs1. The Morgan fingerprint density at radius 2 is 2.11 bits per heavy atom. The zero-order chi connectivity index (χ0) is 13.5. The molecule has 0 saturated heterocycles. The summed E-state index contributed by atoms with van der Waals surface area (Å²) in [5, 5.41) is 4.93. The van der Waals surface area contributed by atoms with E-state index >= 15 is 0 Å². The molecule has 0 aliphatic heterocycles. The number of rotatable bonds is 6. The van der Waals surface area contributed by atoms with E-state index in [1.54, 1.807) is 18.4 Å². The van der Waals surface area contributed by atoms with Gasteiger partial charge in [-0.15, -0.1) is 11.3 Å². The molecule has 1 aromatic carbocycles. The van der Waals surface area contributed by atoms with E-state index in [0.29, 0.717) is 19.4 Å². The minimum absolute atomic E-state index is 0.0688. The van der Waals surface area contributed by atoms with Crippen molar-refractivity contribution in [3.8, 4) is 5.75 Å². The van der Waals surface area contributed by atoms with Crippen molar-refractivity contribution >= 4 is 17.2 Å². The summed E-state index contributed by atoms with van der Waals surface area (Å²) in [7, 11) is 1.65. The molecule has 0 bridgehead atoms. The van der Waals surface area contributed by atoms with Gasteiger partial charge >= 0.3 is 0 Å². The minimum atomic E-state index is 0.0688. The fraction of sp³-hybridized carbons (Fsp3) is 0.267. The van der Waals surface area contributed by atoms with E-state index in [0.717, 1.165) is 11.3 Å². The van der Waals surface area contributed by atoms with Crippen molar-refractivity contribution in [1.82, 2.24) is 5.32 Å². The summed E-state index contributed by atoms with van der Waals surface area (Å²) in [6, 6.07) is 11.8. The van der Waals surface area contributed by atoms with E-state index in [1.807, 2.05) is 41.8 Å². The van der Waals surface area contributed by atoms with Crippen molar-refractivity contribution in [1.29, 1.82) is 0 Å². The lowest BCUT2D eigenvalue weighted by atomic mass is 10.1. The minimum Gasteiger partial charge on any atom is -0.496 e. The molecule has 0 fully saturated rings. The van der Waals surface area contributed by atoms with Gasteiger partial charge in [-0.25, -0.2) is 0 Å². The highest BCUT2D eigenvalue weighted by Crippen LogP contribution is 2.18. The molecule has 0 unspecified atom stereocenters. The highest BCUT2D eigenvalue weighted by atomic mass is 32.1. The second kappa shape index (κ2) is 6.95. The zero-order valence-corrected chi connectivity index (χ0v) is 11.7. The number of carbonyl (C=O) groups excluding carboxylic acids is 1. The molecule has 2 rings (SSSR count). The quantitative estimate of drug-likeness (QED) is 0.880. The zero-order valence-electron chi connectivity index (χ0n) is 10.9. The molecule has 0 aliphatic carbocycles. The van der Waals surface area contributed by atoms with Crippen molar-refractivity contribution in [2.24, 2.45) is 0 Å². The Labute approximate surface area is 117 Å². The van der Waals surface area contributed by atoms with Gasteiger partial charge in [-0.05, 0) is 29.5 Å². The molecule has 2 aromatic rings. The molecule has 1 heterocycles. The molecular formula is C15H17NO2S. The maximum Gasteiger partial charge on any atom is 0.220 e. The number of amides is 1. The number of aryl methyl sites for hydroxylation is 1. The van der Waals surface area contributed by atoms with Gasteiger partial charge < -0.3 is 10.1 Å². The van der Waals surface area contributed by atoms with Gasteiger partial charge in [-0.2, -0.15) is 0 Å². The van der Waals surface area contributed by atoms with Crippen LogP contribution in [0.15, 0.2) is 41.8 Å². The van der Waals surface area contributed by atoms with Crippen LogP contribution in [0.2, 0.25) is 0 Å². The molecule has 0 saturated carbocycles. The van der Waals surface area contributed by atoms with Crippen molar-refractivity contribution in [2.45, 2.75) is 19.4 Å². The Morgan fingerprint density at radius 1 is 1.26 bits per heavy atom. The predicted molar refractivity (Wildman–Crippen MR) is 77.5 cm³/mol. The average molecular weight is 275 g/mol. The molecule has 1 amide bonds. The van der Waals surface area contributed by atoms with E-state index in [4.69, 9.17) is 4.74 Å². The van der Waals surface area contributed by atoms with Crippen LogP contribution in [0.1, 0.15) is 16.9 Å². The second-order valence-electron chi connectivity index (χ2n) is 4.17. The van der Waals surface area contributed by atoms with Gasteiger partial charge in [0.2, 0.25) is 5.91 Å². The predicted octanol–water partition coefficient (Wildman–Crippen LogP) is 3.01. The Morgan fingerprint density at radius 3 is 2.84 bits per heavy atom. The third-order valence-electron chi connectivity index (χ3n) is 2.85. The van der Waals surface area contributed by atoms with E-state index in [-0.39, 0.29) is 5.91 Å². The van der Waals surface area contributed by atoms with Gasteiger partial charge in [-0.3, -0.25) is 4.79 Å². The van der Waals surface area contributed by atoms with Crippen molar-refractivity contribution in [3.63, 3.8) is 0 Å². The number of hydrogen-bond acceptors (Lipinski definition) is 3. The maximum absolute atomic E-state index is 11.8. The highest BCUT2D eigenvalue weighted by molar-refractivity contribution is 7.09. The van der Waals surface area contributed by atoms with Crippen LogP contribution in [0, 0.1) is 0 Å². The number of benzene rings is 1. The molecule has 0 radical (unpaired) electrons. The Bertz CT molecular complexity index is 523. The summed E-state index contributed by atoms with van der Waals surface area (Å²) < 4.78 is 5.27. The first-order valence-electron chi connectivity index (χ1n) is 6.20. The first-order valence-corrected chi connectivity index (χ1v) is 7.08. The van der Waals surface area contributed by atoms with Crippen LogP contribution in [0.5, 0.6) is 5.75 Å². The smallest absolute Gasteiger partial charge is 0.220 e. The normalized spacial score (nSPS) is 10.2. The van der Waals surface area contributed by atoms with Gasteiger partial charge in [0.15, 0.2) is 0 Å². The Balaban J connectivity index is 1.80. The molecule has 100 valence electrons. The molecule has 4 heteroatoms. The van der Waals surface area contributed by atoms with Crippen LogP contribution in [0.4, 0.5) is 0 Å². The van der Waals surface area contributed by atoms with E-state index in [1.165, 1.54) is 4.88 Å². The lowest BCUT2D eigenvalue weighted by Gasteiger charge is -2.08. The Kier molecular flexibility index (Phi) is 4.98. The van der Waals surface area contributed by atoms with Crippen molar-refractivity contribution in [3.05, 3.63) is 52.2 Å². The number of para-hydroxylation sites is 1. The van der Waals surface area contributed by atoms with E-state index in [9.17, 15) is 4.79 Å². The summed E-state index contributed by atoms with van der Waals surface area (Å²) in [6.45, 7) is 0.614. The van der Waals surface area contributed by atoms with Gasteiger partial charge in [0.05, 0.1) is 13.7 Å². The third kappa shape index (κ3) is 4.10. The number of carbonyl (C=O) groups is 1. The first kappa shape index (κ1) is 13.6. The molecule has 0 atom stereocenters. The number of ether oxygens (including phenoxy) is 1. The number of methoxy groups -OCH3 is 1. The summed E-state index contributed by atoms with van der Waals surface area (Å²) in [6.07, 6.45) is 1.17. The monoisotopic (exact) mass is 275 g/mol. The standard InChI is InChI=1S/C15H17NO2S/c1-18-14-7-3-2-5-12(14)8-9-15(17)16-11-13-6-4-10-19-13/h2-7,10H,8-9,11H2,1H3,(H,16,17). The topological polar surface area (TPSA) is 38.3 Å². The summed E-state index contributed by atoms with van der Waals surface area (Å²) in [5.41, 5.74) is 1.07.